The number of hydrogen-bond donors (Lipinski definition) is 1. The number of carbonyl (C=O) groups is 3. The van der Waals surface area contributed by atoms with Crippen molar-refractivity contribution in [2.24, 2.45) is 17.8 Å². The van der Waals surface area contributed by atoms with Gasteiger partial charge in [0.2, 0.25) is 0 Å². The van der Waals surface area contributed by atoms with Gasteiger partial charge in [-0.15, -0.1) is 27.8 Å². The first-order valence-electron chi connectivity index (χ1n) is 16.9. The van der Waals surface area contributed by atoms with Crippen LogP contribution in [0.5, 0.6) is 0 Å². The Morgan fingerprint density at radius 2 is 1.76 bits per heavy atom. The average molecular weight is 684 g/mol. The zero-order valence-electron chi connectivity index (χ0n) is 30.2. The van der Waals surface area contributed by atoms with Crippen LogP contribution in [0.3, 0.4) is 0 Å². The molecule has 10 heteroatoms. The number of carbonyl (C=O) groups excluding carboxylic acids is 3. The summed E-state index contributed by atoms with van der Waals surface area (Å²) in [5.41, 5.74) is 11.0. The smallest absolute Gasteiger partial charge is 0.664 e. The van der Waals surface area contributed by atoms with Crippen molar-refractivity contribution in [2.75, 3.05) is 13.7 Å². The van der Waals surface area contributed by atoms with E-state index in [9.17, 15) is 14.4 Å². The maximum Gasteiger partial charge on any atom is 2.00 e. The van der Waals surface area contributed by atoms with Crippen LogP contribution in [0.2, 0.25) is 0 Å². The first-order valence-corrected chi connectivity index (χ1v) is 16.9. The number of rotatable bonds is 8. The molecule has 1 fully saturated rings. The SMILES string of the molecule is C=Cc1c2[n-]c(c1C)/C=C1\[N-]/C(=C3\c4[nH]c(c(C)c4C(=O)[C@@H]3C(=O)OC)/C=c3\[n-]/c(c(C)c3CC)=C\2)[C@@H](CCC(=O)OCC=C(C)C)[C@@H]1C.[Mg+2]. The predicted octanol–water partition coefficient (Wildman–Crippen LogP) is 5.32. The first kappa shape index (κ1) is 37.0. The summed E-state index contributed by atoms with van der Waals surface area (Å²) in [7, 11) is 1.29. The summed E-state index contributed by atoms with van der Waals surface area (Å²) < 4.78 is 10.7. The number of hydrogen-bond acceptors (Lipinski definition) is 5. The Hall–Kier alpha value is -4.28. The molecule has 1 aliphatic carbocycles. The van der Waals surface area contributed by atoms with Crippen molar-refractivity contribution in [3.05, 3.63) is 102 Å². The maximum absolute atomic E-state index is 14.2. The zero-order chi connectivity index (χ0) is 35.3. The molecule has 0 radical (unpaired) electrons. The zero-order valence-corrected chi connectivity index (χ0v) is 31.7. The quantitative estimate of drug-likeness (QED) is 0.147. The fourth-order valence-electron chi connectivity index (χ4n) is 7.38. The van der Waals surface area contributed by atoms with Crippen LogP contribution in [0.15, 0.2) is 29.6 Å². The number of nitrogens with zero attached hydrogens (tertiary/aromatic N) is 3. The number of ketones is 1. The number of Topliss-reactive ketones (excluding diaryl/α,β-unsaturated/α-hetero) is 1. The minimum absolute atomic E-state index is 0. The second kappa shape index (κ2) is 14.5. The van der Waals surface area contributed by atoms with Gasteiger partial charge in [0.05, 0.1) is 12.8 Å². The Bertz CT molecular complexity index is 2130. The second-order valence-electron chi connectivity index (χ2n) is 13.4. The molecule has 50 heavy (non-hydrogen) atoms. The third kappa shape index (κ3) is 6.28. The number of H-pyrrole nitrogens is 1. The topological polar surface area (TPSA) is 128 Å². The summed E-state index contributed by atoms with van der Waals surface area (Å²) in [6.45, 7) is 18.3. The average Bonchev–Trinajstić information content (AvgIpc) is 3.80. The van der Waals surface area contributed by atoms with Gasteiger partial charge < -0.3 is 29.7 Å². The standard InChI is InChI=1S/C40H44N4O5.Mg/c1-10-24-20(5)27-16-29-22(7)26(12-13-33(45)49-15-14-19(3)4)37(43-29)35-36(40(47)48-9)39(46)34-23(8)30(44-38(34)35)18-32-25(11-2)21(6)28(42-32)17-31(24)41-27;/h10,14,16-18,22,26,36H,1,11-13,15H2,2-9H3,(H2,43,44,46);/q-2;+2/p-1/b28-17-,29-16-,32-18-;/t22-,26-,36+;/m0./s1. The number of aromatic nitrogens is 3. The Balaban J connectivity index is 0.00000486. The minimum atomic E-state index is -1.18. The monoisotopic (exact) mass is 683 g/mol. The molecule has 256 valence electrons. The Kier molecular flexibility index (Phi) is 10.7. The van der Waals surface area contributed by atoms with Gasteiger partial charge in [-0.25, -0.2) is 0 Å². The molecule has 8 bridgehead atoms. The molecule has 1 saturated heterocycles. The molecule has 0 aromatic carbocycles. The van der Waals surface area contributed by atoms with Gasteiger partial charge in [-0.3, -0.25) is 14.4 Å². The molecule has 9 nitrogen and oxygen atoms in total. The normalized spacial score (nSPS) is 22.6. The van der Waals surface area contributed by atoms with E-state index in [1.165, 1.54) is 7.11 Å². The van der Waals surface area contributed by atoms with E-state index in [4.69, 9.17) is 24.8 Å². The van der Waals surface area contributed by atoms with Crippen LogP contribution in [0.1, 0.15) is 101 Å². The third-order valence-electron chi connectivity index (χ3n) is 10.2. The summed E-state index contributed by atoms with van der Waals surface area (Å²) in [5, 5.41) is 6.81. The van der Waals surface area contributed by atoms with E-state index in [0.717, 1.165) is 73.3 Å². The Morgan fingerprint density at radius 3 is 2.42 bits per heavy atom. The molecule has 0 saturated carbocycles. The van der Waals surface area contributed by atoms with Gasteiger partial charge in [0.25, 0.3) is 0 Å². The van der Waals surface area contributed by atoms with Gasteiger partial charge in [0, 0.05) is 17.7 Å². The van der Waals surface area contributed by atoms with Gasteiger partial charge in [0.1, 0.15) is 12.5 Å². The van der Waals surface area contributed by atoms with Crippen molar-refractivity contribution in [1.82, 2.24) is 15.0 Å². The molecule has 0 spiro atoms. The second-order valence-corrected chi connectivity index (χ2v) is 13.4. The van der Waals surface area contributed by atoms with Crippen molar-refractivity contribution >= 4 is 70.7 Å². The summed E-state index contributed by atoms with van der Waals surface area (Å²) in [5.74, 6) is -2.93. The van der Waals surface area contributed by atoms with E-state index >= 15 is 0 Å². The van der Waals surface area contributed by atoms with E-state index in [1.807, 2.05) is 58.1 Å². The number of fused-ring (bicyclic) bond motifs is 7. The molecular formula is C40H43MgN4O5-. The van der Waals surface area contributed by atoms with Crippen molar-refractivity contribution in [3.63, 3.8) is 0 Å². The van der Waals surface area contributed by atoms with Crippen molar-refractivity contribution in [3.8, 4) is 0 Å². The molecule has 3 atom stereocenters. The maximum atomic E-state index is 14.2. The molecule has 1 N–H and O–H groups in total. The van der Waals surface area contributed by atoms with Gasteiger partial charge in [-0.1, -0.05) is 67.0 Å². The largest absolute Gasteiger partial charge is 2.00 e. The Morgan fingerprint density at radius 1 is 1.02 bits per heavy atom. The fourth-order valence-corrected chi connectivity index (χ4v) is 7.38. The molecule has 6 rings (SSSR count). The molecule has 5 heterocycles. The molecule has 2 aliphatic heterocycles. The van der Waals surface area contributed by atoms with Gasteiger partial charge >= 0.3 is 35.0 Å². The van der Waals surface area contributed by atoms with E-state index in [0.29, 0.717) is 28.9 Å². The number of ether oxygens (including phenoxy) is 2. The van der Waals surface area contributed by atoms with Gasteiger partial charge in [0.15, 0.2) is 5.78 Å². The van der Waals surface area contributed by atoms with Crippen LogP contribution in [0.4, 0.5) is 0 Å². The van der Waals surface area contributed by atoms with Gasteiger partial charge in [-0.2, -0.15) is 5.70 Å². The number of esters is 2. The van der Waals surface area contributed by atoms with Gasteiger partial charge in [-0.05, 0) is 82.1 Å². The third-order valence-corrected chi connectivity index (χ3v) is 10.2. The molecule has 3 aliphatic rings. The summed E-state index contributed by atoms with van der Waals surface area (Å²) in [6, 6.07) is 0. The van der Waals surface area contributed by atoms with Crippen LogP contribution in [-0.2, 0) is 25.5 Å². The van der Waals surface area contributed by atoms with Crippen LogP contribution in [-0.4, -0.2) is 59.5 Å². The van der Waals surface area contributed by atoms with E-state index in [2.05, 4.69) is 32.3 Å². The molecule has 0 amide bonds. The number of methoxy groups -OCH3 is 1. The summed E-state index contributed by atoms with van der Waals surface area (Å²) >= 11 is 0. The molecule has 0 unspecified atom stereocenters. The van der Waals surface area contributed by atoms with Crippen molar-refractivity contribution < 1.29 is 23.9 Å². The van der Waals surface area contributed by atoms with E-state index < -0.39 is 11.9 Å². The van der Waals surface area contributed by atoms with E-state index in [-0.39, 0.29) is 59.7 Å². The number of aromatic amines is 1. The Labute approximate surface area is 309 Å². The minimum Gasteiger partial charge on any atom is -0.664 e. The molecule has 3 aromatic heterocycles. The number of allylic oxidation sites excluding steroid dienone is 3. The predicted molar refractivity (Wildman–Crippen MR) is 197 cm³/mol. The van der Waals surface area contributed by atoms with Crippen LogP contribution < -0.4 is 20.7 Å². The fraction of sp³-hybridized carbons (Fsp3) is 0.375. The van der Waals surface area contributed by atoms with Crippen LogP contribution in [0.25, 0.3) is 35.2 Å². The van der Waals surface area contributed by atoms with Crippen molar-refractivity contribution in [2.45, 2.75) is 67.7 Å². The molecular weight excluding hydrogens is 641 g/mol. The van der Waals surface area contributed by atoms with Crippen LogP contribution >= 0.6 is 0 Å². The van der Waals surface area contributed by atoms with Crippen LogP contribution in [0, 0.1) is 38.5 Å². The summed E-state index contributed by atoms with van der Waals surface area (Å²) in [4.78, 5) is 54.0. The first-order chi connectivity index (χ1) is 23.4. The molecule has 3 aromatic rings. The van der Waals surface area contributed by atoms with E-state index in [1.54, 1.807) is 0 Å². The summed E-state index contributed by atoms with van der Waals surface area (Å²) in [6.07, 6.45) is 11.0. The number of nitrogens with one attached hydrogen (secondary N) is 1. The van der Waals surface area contributed by atoms with Crippen molar-refractivity contribution in [1.29, 1.82) is 0 Å².